The molecule has 2 rings (SSSR count). The molecular weight excluding hydrogens is 232 g/mol. The highest BCUT2D eigenvalue weighted by Gasteiger charge is 2.40. The number of nitrogens with zero attached hydrogens (tertiary/aromatic N) is 2. The number of primary amides is 1. The predicted molar refractivity (Wildman–Crippen MR) is 66.9 cm³/mol. The Balaban J connectivity index is 2.39. The van der Waals surface area contributed by atoms with E-state index in [2.05, 4.69) is 9.97 Å². The molecule has 1 atom stereocenters. The summed E-state index contributed by atoms with van der Waals surface area (Å²) in [5.41, 5.74) is 5.36. The zero-order valence-corrected chi connectivity index (χ0v) is 10.7. The predicted octanol–water partition coefficient (Wildman–Crippen LogP) is -0.125. The minimum atomic E-state index is -0.416. The van der Waals surface area contributed by atoms with Crippen LogP contribution in [0, 0.1) is 6.92 Å². The van der Waals surface area contributed by atoms with Gasteiger partial charge in [-0.25, -0.2) is 4.98 Å². The minimum Gasteiger partial charge on any atom is -0.369 e. The molecular formula is C12H18N4O2. The van der Waals surface area contributed by atoms with Crippen molar-refractivity contribution in [1.29, 1.82) is 0 Å². The van der Waals surface area contributed by atoms with Gasteiger partial charge in [-0.1, -0.05) is 0 Å². The summed E-state index contributed by atoms with van der Waals surface area (Å²) in [7, 11) is 0. The van der Waals surface area contributed by atoms with Crippen LogP contribution in [-0.2, 0) is 10.3 Å². The largest absolute Gasteiger partial charge is 0.369 e. The number of rotatable bonds is 3. The number of amides is 1. The van der Waals surface area contributed by atoms with Crippen LogP contribution in [0.1, 0.15) is 31.3 Å². The zero-order chi connectivity index (χ0) is 13.3. The second-order valence-corrected chi connectivity index (χ2v) is 5.00. The Labute approximate surface area is 105 Å². The van der Waals surface area contributed by atoms with Crippen LogP contribution in [-0.4, -0.2) is 33.9 Å². The van der Waals surface area contributed by atoms with Gasteiger partial charge in [-0.2, -0.15) is 0 Å². The molecule has 3 N–H and O–H groups in total. The Kier molecular flexibility index (Phi) is 3.21. The fourth-order valence-corrected chi connectivity index (χ4v) is 2.56. The number of likely N-dealkylation sites (tertiary alicyclic amines) is 1. The number of aryl methyl sites for hydroxylation is 1. The van der Waals surface area contributed by atoms with Crippen molar-refractivity contribution in [3.63, 3.8) is 0 Å². The number of nitrogens with one attached hydrogen (secondary N) is 1. The van der Waals surface area contributed by atoms with Gasteiger partial charge in [0.25, 0.3) is 5.56 Å². The number of carbonyl (C=O) groups is 1. The highest BCUT2D eigenvalue weighted by Crippen LogP contribution is 2.35. The van der Waals surface area contributed by atoms with Gasteiger partial charge in [0.15, 0.2) is 0 Å². The van der Waals surface area contributed by atoms with Crippen molar-refractivity contribution in [1.82, 2.24) is 14.9 Å². The molecule has 1 aromatic heterocycles. The van der Waals surface area contributed by atoms with Gasteiger partial charge in [0.1, 0.15) is 5.82 Å². The molecule has 1 saturated heterocycles. The standard InChI is InChI=1S/C12H18N4O2/c1-8-6-10(18)15-11(14-8)12(2)4-3-5-16(12)7-9(13)17/h6H,3-5,7H2,1-2H3,(H2,13,17)(H,14,15,18)/t12-/m1/s1. The van der Waals surface area contributed by atoms with E-state index < -0.39 is 5.54 Å². The molecule has 6 nitrogen and oxygen atoms in total. The van der Waals surface area contributed by atoms with E-state index in [9.17, 15) is 9.59 Å². The Bertz CT molecular complexity index is 525. The first-order chi connectivity index (χ1) is 8.41. The second kappa shape index (κ2) is 4.53. The zero-order valence-electron chi connectivity index (χ0n) is 10.7. The summed E-state index contributed by atoms with van der Waals surface area (Å²) in [6, 6.07) is 1.46. The molecule has 0 spiro atoms. The highest BCUT2D eigenvalue weighted by atomic mass is 16.1. The molecule has 0 bridgehead atoms. The summed E-state index contributed by atoms with van der Waals surface area (Å²) < 4.78 is 0. The van der Waals surface area contributed by atoms with Crippen LogP contribution in [0.4, 0.5) is 0 Å². The topological polar surface area (TPSA) is 92.1 Å². The molecule has 6 heteroatoms. The third-order valence-electron chi connectivity index (χ3n) is 3.52. The van der Waals surface area contributed by atoms with E-state index >= 15 is 0 Å². The maximum absolute atomic E-state index is 11.5. The quantitative estimate of drug-likeness (QED) is 0.782. The number of hydrogen-bond donors (Lipinski definition) is 2. The monoisotopic (exact) mass is 250 g/mol. The van der Waals surface area contributed by atoms with Crippen LogP contribution >= 0.6 is 0 Å². The van der Waals surface area contributed by atoms with Crippen molar-refractivity contribution in [3.05, 3.63) is 27.9 Å². The van der Waals surface area contributed by atoms with E-state index in [4.69, 9.17) is 5.73 Å². The number of aromatic amines is 1. The molecule has 0 unspecified atom stereocenters. The van der Waals surface area contributed by atoms with Gasteiger partial charge in [0, 0.05) is 11.8 Å². The molecule has 1 aliphatic heterocycles. The van der Waals surface area contributed by atoms with Crippen molar-refractivity contribution in [2.75, 3.05) is 13.1 Å². The summed E-state index contributed by atoms with van der Waals surface area (Å²) in [6.07, 6.45) is 1.81. The lowest BCUT2D eigenvalue weighted by Gasteiger charge is -2.33. The highest BCUT2D eigenvalue weighted by molar-refractivity contribution is 5.76. The van der Waals surface area contributed by atoms with Gasteiger partial charge in [-0.05, 0) is 33.2 Å². The molecule has 0 aliphatic carbocycles. The maximum Gasteiger partial charge on any atom is 0.251 e. The summed E-state index contributed by atoms with van der Waals surface area (Å²) in [5.74, 6) is 0.254. The Morgan fingerprint density at radius 2 is 2.39 bits per heavy atom. The number of aromatic nitrogens is 2. The summed E-state index contributed by atoms with van der Waals surface area (Å²) >= 11 is 0. The molecule has 1 amide bonds. The Morgan fingerprint density at radius 1 is 1.67 bits per heavy atom. The van der Waals surface area contributed by atoms with E-state index in [0.29, 0.717) is 11.5 Å². The van der Waals surface area contributed by atoms with Crippen molar-refractivity contribution in [2.24, 2.45) is 5.73 Å². The van der Waals surface area contributed by atoms with E-state index in [-0.39, 0.29) is 18.0 Å². The molecule has 0 aromatic carbocycles. The van der Waals surface area contributed by atoms with Crippen LogP contribution in [0.3, 0.4) is 0 Å². The van der Waals surface area contributed by atoms with Gasteiger partial charge >= 0.3 is 0 Å². The van der Waals surface area contributed by atoms with Gasteiger partial charge in [-0.15, -0.1) is 0 Å². The molecule has 0 saturated carbocycles. The first-order valence-electron chi connectivity index (χ1n) is 6.03. The third-order valence-corrected chi connectivity index (χ3v) is 3.52. The Hall–Kier alpha value is -1.69. The van der Waals surface area contributed by atoms with Gasteiger partial charge < -0.3 is 10.7 Å². The van der Waals surface area contributed by atoms with Gasteiger partial charge in [0.05, 0.1) is 12.1 Å². The van der Waals surface area contributed by atoms with Gasteiger partial charge in [0.2, 0.25) is 5.91 Å². The number of H-pyrrole nitrogens is 1. The van der Waals surface area contributed by atoms with Crippen LogP contribution in [0.5, 0.6) is 0 Å². The fourth-order valence-electron chi connectivity index (χ4n) is 2.56. The number of carbonyl (C=O) groups excluding carboxylic acids is 1. The molecule has 18 heavy (non-hydrogen) atoms. The van der Waals surface area contributed by atoms with E-state index in [0.717, 1.165) is 19.4 Å². The molecule has 1 fully saturated rings. The fraction of sp³-hybridized carbons (Fsp3) is 0.583. The van der Waals surface area contributed by atoms with E-state index in [1.165, 1.54) is 6.07 Å². The molecule has 98 valence electrons. The lowest BCUT2D eigenvalue weighted by atomic mass is 9.97. The summed E-state index contributed by atoms with van der Waals surface area (Å²) in [5, 5.41) is 0. The smallest absolute Gasteiger partial charge is 0.251 e. The average Bonchev–Trinajstić information content (AvgIpc) is 2.59. The maximum atomic E-state index is 11.5. The number of hydrogen-bond acceptors (Lipinski definition) is 4. The normalized spacial score (nSPS) is 24.3. The van der Waals surface area contributed by atoms with Crippen molar-refractivity contribution in [3.8, 4) is 0 Å². The summed E-state index contributed by atoms with van der Waals surface area (Å²) in [4.78, 5) is 31.8. The van der Waals surface area contributed by atoms with Crippen molar-refractivity contribution in [2.45, 2.75) is 32.2 Å². The van der Waals surface area contributed by atoms with Crippen LogP contribution < -0.4 is 11.3 Å². The lowest BCUT2D eigenvalue weighted by Crippen LogP contribution is -2.45. The SMILES string of the molecule is Cc1cc(=O)[nH]c([C@@]2(C)CCCN2CC(N)=O)n1. The van der Waals surface area contributed by atoms with Crippen molar-refractivity contribution < 1.29 is 4.79 Å². The minimum absolute atomic E-state index is 0.162. The summed E-state index contributed by atoms with van der Waals surface area (Å²) in [6.45, 7) is 4.75. The third kappa shape index (κ3) is 2.28. The molecule has 1 aliphatic rings. The van der Waals surface area contributed by atoms with Crippen LogP contribution in [0.25, 0.3) is 0 Å². The first-order valence-corrected chi connectivity index (χ1v) is 6.03. The first kappa shape index (κ1) is 12.8. The Morgan fingerprint density at radius 3 is 3.00 bits per heavy atom. The van der Waals surface area contributed by atoms with E-state index in [1.54, 1.807) is 6.92 Å². The molecule has 0 radical (unpaired) electrons. The average molecular weight is 250 g/mol. The lowest BCUT2D eigenvalue weighted by molar-refractivity contribution is -0.120. The number of nitrogens with two attached hydrogens (primary N) is 1. The van der Waals surface area contributed by atoms with Crippen LogP contribution in [0.2, 0.25) is 0 Å². The van der Waals surface area contributed by atoms with Crippen molar-refractivity contribution >= 4 is 5.91 Å². The van der Waals surface area contributed by atoms with E-state index in [1.807, 2.05) is 11.8 Å². The van der Waals surface area contributed by atoms with Crippen LogP contribution in [0.15, 0.2) is 10.9 Å². The second-order valence-electron chi connectivity index (χ2n) is 5.00. The van der Waals surface area contributed by atoms with Gasteiger partial charge in [-0.3, -0.25) is 14.5 Å². The molecule has 1 aromatic rings. The molecule has 2 heterocycles.